The van der Waals surface area contributed by atoms with Crippen molar-refractivity contribution in [2.24, 2.45) is 0 Å². The third kappa shape index (κ3) is 3.50. The molecule has 26 heavy (non-hydrogen) atoms. The number of hydrogen-bond acceptors (Lipinski definition) is 1. The summed E-state index contributed by atoms with van der Waals surface area (Å²) in [5.41, 5.74) is 5.18. The van der Waals surface area contributed by atoms with Crippen molar-refractivity contribution in [2.75, 3.05) is 11.4 Å². The summed E-state index contributed by atoms with van der Waals surface area (Å²) in [4.78, 5) is 5.88. The average Bonchev–Trinajstić information content (AvgIpc) is 3.12. The Balaban J connectivity index is 1.63. The molecule has 1 heterocycles. The lowest BCUT2D eigenvalue weighted by atomic mass is 10.00. The van der Waals surface area contributed by atoms with E-state index in [1.807, 2.05) is 0 Å². The number of H-pyrrole nitrogens is 1. The molecule has 4 rings (SSSR count). The fraction of sp³-hybridized carbons (Fsp3) is 0.167. The highest BCUT2D eigenvalue weighted by Gasteiger charge is 2.15. The van der Waals surface area contributed by atoms with Gasteiger partial charge in [-0.3, -0.25) is 0 Å². The van der Waals surface area contributed by atoms with Gasteiger partial charge in [0.2, 0.25) is 0 Å². The highest BCUT2D eigenvalue weighted by molar-refractivity contribution is 5.83. The van der Waals surface area contributed by atoms with Crippen LogP contribution >= 0.6 is 0 Å². The van der Waals surface area contributed by atoms with Crippen LogP contribution in [0.5, 0.6) is 0 Å². The fourth-order valence-corrected chi connectivity index (χ4v) is 3.59. The van der Waals surface area contributed by atoms with E-state index < -0.39 is 0 Å². The highest BCUT2D eigenvalue weighted by atomic mass is 15.1. The largest absolute Gasteiger partial charge is 0.367 e. The number of nitrogens with zero attached hydrogens (tertiary/aromatic N) is 1. The Hall–Kier alpha value is -3.00. The first-order valence-corrected chi connectivity index (χ1v) is 9.21. The number of aromatic amines is 1. The third-order valence-electron chi connectivity index (χ3n) is 5.02. The number of anilines is 1. The van der Waals surface area contributed by atoms with Crippen LogP contribution in [0.3, 0.4) is 0 Å². The Labute approximate surface area is 155 Å². The topological polar surface area (TPSA) is 19.0 Å². The van der Waals surface area contributed by atoms with Gasteiger partial charge in [0.1, 0.15) is 0 Å². The van der Waals surface area contributed by atoms with Gasteiger partial charge in [-0.2, -0.15) is 0 Å². The predicted octanol–water partition coefficient (Wildman–Crippen LogP) is 5.98. The highest BCUT2D eigenvalue weighted by Crippen LogP contribution is 2.26. The van der Waals surface area contributed by atoms with Crippen LogP contribution < -0.4 is 4.90 Å². The lowest BCUT2D eigenvalue weighted by Gasteiger charge is -2.28. The molecule has 0 amide bonds. The monoisotopic (exact) mass is 340 g/mol. The maximum atomic E-state index is 3.40. The van der Waals surface area contributed by atoms with Crippen molar-refractivity contribution in [3.63, 3.8) is 0 Å². The van der Waals surface area contributed by atoms with Gasteiger partial charge >= 0.3 is 0 Å². The van der Waals surface area contributed by atoms with E-state index in [0.717, 1.165) is 13.1 Å². The van der Waals surface area contributed by atoms with Crippen LogP contribution in [0.25, 0.3) is 10.9 Å². The van der Waals surface area contributed by atoms with Gasteiger partial charge in [0.05, 0.1) is 0 Å². The summed E-state index contributed by atoms with van der Waals surface area (Å²) < 4.78 is 0. The van der Waals surface area contributed by atoms with Gasteiger partial charge in [-0.15, -0.1) is 0 Å². The Morgan fingerprint density at radius 1 is 0.808 bits per heavy atom. The van der Waals surface area contributed by atoms with Crippen LogP contribution in [0.2, 0.25) is 0 Å². The van der Waals surface area contributed by atoms with Crippen molar-refractivity contribution in [3.8, 4) is 0 Å². The summed E-state index contributed by atoms with van der Waals surface area (Å²) >= 11 is 0. The first kappa shape index (κ1) is 16.5. The summed E-state index contributed by atoms with van der Waals surface area (Å²) in [6, 6.07) is 30.0. The Kier molecular flexibility index (Phi) is 4.74. The maximum Gasteiger partial charge on any atom is 0.0457 e. The van der Waals surface area contributed by atoms with Gasteiger partial charge in [0.15, 0.2) is 0 Å². The zero-order valence-electron chi connectivity index (χ0n) is 15.1. The quantitative estimate of drug-likeness (QED) is 0.457. The average molecular weight is 340 g/mol. The van der Waals surface area contributed by atoms with Crippen molar-refractivity contribution >= 4 is 16.6 Å². The molecular weight excluding hydrogens is 316 g/mol. The Morgan fingerprint density at radius 3 is 2.23 bits per heavy atom. The van der Waals surface area contributed by atoms with Crippen molar-refractivity contribution in [1.82, 2.24) is 4.98 Å². The second-order valence-electron chi connectivity index (χ2n) is 6.89. The number of benzene rings is 3. The molecule has 0 saturated carbocycles. The number of aromatic nitrogens is 1. The standard InChI is InChI=1S/C24H24N2/c1-19(20-10-4-2-5-11-20)17-26(22-12-6-3-7-13-22)18-21-16-25-24-15-9-8-14-23(21)24/h2-16,19,25H,17-18H2,1H3/t19-/m1/s1. The van der Waals surface area contributed by atoms with Gasteiger partial charge in [-0.1, -0.05) is 73.7 Å². The number of rotatable bonds is 6. The summed E-state index contributed by atoms with van der Waals surface area (Å²) in [6.45, 7) is 4.18. The van der Waals surface area contributed by atoms with E-state index in [4.69, 9.17) is 0 Å². The van der Waals surface area contributed by atoms with E-state index in [2.05, 4.69) is 108 Å². The molecule has 3 aromatic carbocycles. The van der Waals surface area contributed by atoms with E-state index >= 15 is 0 Å². The lowest BCUT2D eigenvalue weighted by molar-refractivity contribution is 0.688. The summed E-state index contributed by atoms with van der Waals surface area (Å²) in [5.74, 6) is 0.460. The number of fused-ring (bicyclic) bond motifs is 1. The van der Waals surface area contributed by atoms with E-state index in [1.165, 1.54) is 27.7 Å². The van der Waals surface area contributed by atoms with E-state index in [1.54, 1.807) is 0 Å². The van der Waals surface area contributed by atoms with Crippen LogP contribution in [0.4, 0.5) is 5.69 Å². The molecule has 130 valence electrons. The summed E-state index contributed by atoms with van der Waals surface area (Å²) in [7, 11) is 0. The van der Waals surface area contributed by atoms with Crippen LogP contribution in [0.15, 0.2) is 91.1 Å². The minimum atomic E-state index is 0.460. The number of hydrogen-bond donors (Lipinski definition) is 1. The molecule has 0 fully saturated rings. The minimum Gasteiger partial charge on any atom is -0.367 e. The molecule has 0 radical (unpaired) electrons. The van der Waals surface area contributed by atoms with Gasteiger partial charge in [0.25, 0.3) is 0 Å². The second-order valence-corrected chi connectivity index (χ2v) is 6.89. The van der Waals surface area contributed by atoms with Gasteiger partial charge < -0.3 is 9.88 Å². The molecule has 0 bridgehead atoms. The predicted molar refractivity (Wildman–Crippen MR) is 111 cm³/mol. The van der Waals surface area contributed by atoms with Crippen molar-refractivity contribution < 1.29 is 0 Å². The summed E-state index contributed by atoms with van der Waals surface area (Å²) in [6.07, 6.45) is 2.15. The van der Waals surface area contributed by atoms with Crippen LogP contribution in [-0.2, 0) is 6.54 Å². The zero-order chi connectivity index (χ0) is 17.8. The molecule has 1 N–H and O–H groups in total. The van der Waals surface area contributed by atoms with E-state index in [0.29, 0.717) is 5.92 Å². The minimum absolute atomic E-state index is 0.460. The molecule has 0 saturated heterocycles. The third-order valence-corrected chi connectivity index (χ3v) is 5.02. The SMILES string of the molecule is C[C@H](CN(Cc1c[nH]c2ccccc12)c1ccccc1)c1ccccc1. The molecule has 4 aromatic rings. The van der Waals surface area contributed by atoms with E-state index in [-0.39, 0.29) is 0 Å². The van der Waals surface area contributed by atoms with Crippen LogP contribution in [0.1, 0.15) is 24.0 Å². The summed E-state index contributed by atoms with van der Waals surface area (Å²) in [5, 5.41) is 1.31. The van der Waals surface area contributed by atoms with Crippen molar-refractivity contribution in [1.29, 1.82) is 0 Å². The smallest absolute Gasteiger partial charge is 0.0457 e. The molecule has 0 aliphatic rings. The molecule has 0 aliphatic carbocycles. The molecule has 0 aliphatic heterocycles. The molecule has 1 aromatic heterocycles. The van der Waals surface area contributed by atoms with Crippen LogP contribution in [0, 0.1) is 0 Å². The normalized spacial score (nSPS) is 12.2. The first-order chi connectivity index (χ1) is 12.8. The lowest BCUT2D eigenvalue weighted by Crippen LogP contribution is -2.27. The molecule has 0 spiro atoms. The van der Waals surface area contributed by atoms with Crippen LogP contribution in [-0.4, -0.2) is 11.5 Å². The molecule has 1 atom stereocenters. The molecule has 2 nitrogen and oxygen atoms in total. The second kappa shape index (κ2) is 7.49. The molecule has 0 unspecified atom stereocenters. The fourth-order valence-electron chi connectivity index (χ4n) is 3.59. The number of nitrogens with one attached hydrogen (secondary N) is 1. The Morgan fingerprint density at radius 2 is 1.46 bits per heavy atom. The van der Waals surface area contributed by atoms with Gasteiger partial charge in [-0.05, 0) is 35.2 Å². The van der Waals surface area contributed by atoms with Crippen molar-refractivity contribution in [2.45, 2.75) is 19.4 Å². The molecular formula is C24H24N2. The zero-order valence-corrected chi connectivity index (χ0v) is 15.1. The van der Waals surface area contributed by atoms with Gasteiger partial charge in [-0.25, -0.2) is 0 Å². The first-order valence-electron chi connectivity index (χ1n) is 9.21. The number of para-hydroxylation sites is 2. The van der Waals surface area contributed by atoms with Gasteiger partial charge in [0, 0.05) is 35.9 Å². The molecule has 2 heteroatoms. The van der Waals surface area contributed by atoms with Crippen molar-refractivity contribution in [3.05, 3.63) is 102 Å². The Bertz CT molecular complexity index is 957. The maximum absolute atomic E-state index is 3.40. The van der Waals surface area contributed by atoms with E-state index in [9.17, 15) is 0 Å².